The van der Waals surface area contributed by atoms with Gasteiger partial charge in [0.2, 0.25) is 0 Å². The molecule has 0 amide bonds. The zero-order valence-corrected chi connectivity index (χ0v) is 10.3. The van der Waals surface area contributed by atoms with Crippen LogP contribution in [-0.4, -0.2) is 24.2 Å². The van der Waals surface area contributed by atoms with Crippen LogP contribution >= 0.6 is 0 Å². The Balaban J connectivity index is 2.61. The summed E-state index contributed by atoms with van der Waals surface area (Å²) in [5.74, 6) is -0.0256. The normalized spacial score (nSPS) is 12.1. The van der Waals surface area contributed by atoms with Gasteiger partial charge in [0.05, 0.1) is 7.11 Å². The van der Waals surface area contributed by atoms with Crippen molar-refractivity contribution in [3.8, 4) is 5.75 Å². The van der Waals surface area contributed by atoms with E-state index in [1.54, 1.807) is 7.11 Å². The molecule has 0 aliphatic heterocycles. The molecule has 17 heavy (non-hydrogen) atoms. The Kier molecular flexibility index (Phi) is 5.49. The Labute approximate surface area is 102 Å². The summed E-state index contributed by atoms with van der Waals surface area (Å²) in [5, 5.41) is 12.0. The molecule has 0 heterocycles. The number of methoxy groups -OCH3 is 1. The lowest BCUT2D eigenvalue weighted by molar-refractivity contribution is -0.139. The second-order valence-corrected chi connectivity index (χ2v) is 3.87. The lowest BCUT2D eigenvalue weighted by atomic mass is 10.1. The zero-order valence-electron chi connectivity index (χ0n) is 10.3. The van der Waals surface area contributed by atoms with Crippen LogP contribution in [-0.2, 0) is 11.3 Å². The highest BCUT2D eigenvalue weighted by Crippen LogP contribution is 2.17. The fraction of sp³-hybridized carbons (Fsp3) is 0.462. The summed E-state index contributed by atoms with van der Waals surface area (Å²) >= 11 is 0. The van der Waals surface area contributed by atoms with Crippen LogP contribution in [0.5, 0.6) is 5.75 Å². The van der Waals surface area contributed by atoms with Gasteiger partial charge in [0, 0.05) is 12.1 Å². The van der Waals surface area contributed by atoms with Crippen LogP contribution in [0.2, 0.25) is 0 Å². The third-order valence-corrected chi connectivity index (χ3v) is 2.61. The number of hydrogen-bond acceptors (Lipinski definition) is 3. The van der Waals surface area contributed by atoms with Gasteiger partial charge in [-0.1, -0.05) is 31.5 Å². The molecule has 1 aromatic carbocycles. The molecule has 0 aliphatic rings. The molecule has 0 fully saturated rings. The maximum atomic E-state index is 11.0. The van der Waals surface area contributed by atoms with Crippen LogP contribution in [0.25, 0.3) is 0 Å². The number of carboxylic acids is 1. The molecule has 94 valence electrons. The minimum absolute atomic E-state index is 0.495. The molecule has 0 aromatic heterocycles. The lowest BCUT2D eigenvalue weighted by Gasteiger charge is -2.15. The van der Waals surface area contributed by atoms with Crippen molar-refractivity contribution in [3.63, 3.8) is 0 Å². The van der Waals surface area contributed by atoms with Crippen molar-refractivity contribution < 1.29 is 14.6 Å². The van der Waals surface area contributed by atoms with Crippen molar-refractivity contribution in [2.75, 3.05) is 7.11 Å². The monoisotopic (exact) mass is 237 g/mol. The van der Waals surface area contributed by atoms with Crippen molar-refractivity contribution in [3.05, 3.63) is 29.8 Å². The molecule has 0 saturated carbocycles. The summed E-state index contributed by atoms with van der Waals surface area (Å²) in [4.78, 5) is 11.0. The van der Waals surface area contributed by atoms with Gasteiger partial charge in [-0.3, -0.25) is 4.79 Å². The maximum Gasteiger partial charge on any atom is 0.320 e. The van der Waals surface area contributed by atoms with Crippen molar-refractivity contribution in [1.82, 2.24) is 5.32 Å². The number of aliphatic carboxylic acids is 1. The summed E-state index contributed by atoms with van der Waals surface area (Å²) in [6.07, 6.45) is 1.47. The number of carboxylic acid groups (broad SMARTS) is 1. The average Bonchev–Trinajstić information content (AvgIpc) is 2.34. The van der Waals surface area contributed by atoms with Gasteiger partial charge < -0.3 is 15.2 Å². The van der Waals surface area contributed by atoms with Crippen molar-refractivity contribution in [1.29, 1.82) is 0 Å². The van der Waals surface area contributed by atoms with Crippen LogP contribution < -0.4 is 10.1 Å². The molecule has 0 aliphatic carbocycles. The molecule has 1 atom stereocenters. The lowest BCUT2D eigenvalue weighted by Crippen LogP contribution is -2.36. The van der Waals surface area contributed by atoms with E-state index < -0.39 is 12.0 Å². The van der Waals surface area contributed by atoms with Gasteiger partial charge in [-0.15, -0.1) is 0 Å². The van der Waals surface area contributed by atoms with E-state index in [-0.39, 0.29) is 0 Å². The molecular formula is C13H19NO3. The molecule has 4 heteroatoms. The van der Waals surface area contributed by atoms with Gasteiger partial charge in [-0.05, 0) is 12.5 Å². The van der Waals surface area contributed by atoms with Crippen LogP contribution in [0.15, 0.2) is 24.3 Å². The van der Waals surface area contributed by atoms with Gasteiger partial charge in [-0.25, -0.2) is 0 Å². The van der Waals surface area contributed by atoms with Crippen LogP contribution in [0.1, 0.15) is 25.3 Å². The highest BCUT2D eigenvalue weighted by molar-refractivity contribution is 5.73. The Morgan fingerprint density at radius 3 is 2.76 bits per heavy atom. The molecule has 1 rings (SSSR count). The zero-order chi connectivity index (χ0) is 12.7. The number of hydrogen-bond donors (Lipinski definition) is 2. The Morgan fingerprint density at radius 2 is 2.18 bits per heavy atom. The summed E-state index contributed by atoms with van der Waals surface area (Å²) in [6, 6.07) is 7.10. The van der Waals surface area contributed by atoms with E-state index in [4.69, 9.17) is 9.84 Å². The fourth-order valence-electron chi connectivity index (χ4n) is 1.68. The summed E-state index contributed by atoms with van der Waals surface area (Å²) < 4.78 is 5.21. The Hall–Kier alpha value is -1.55. The second kappa shape index (κ2) is 6.91. The highest BCUT2D eigenvalue weighted by atomic mass is 16.5. The predicted molar refractivity (Wildman–Crippen MR) is 66.2 cm³/mol. The first kappa shape index (κ1) is 13.5. The minimum Gasteiger partial charge on any atom is -0.496 e. The Bertz CT molecular complexity index is 365. The van der Waals surface area contributed by atoms with E-state index in [9.17, 15) is 4.79 Å². The molecule has 1 aromatic rings. The van der Waals surface area contributed by atoms with E-state index in [0.717, 1.165) is 17.7 Å². The smallest absolute Gasteiger partial charge is 0.320 e. The Morgan fingerprint density at radius 1 is 1.47 bits per heavy atom. The first-order chi connectivity index (χ1) is 8.19. The summed E-state index contributed by atoms with van der Waals surface area (Å²) in [5.41, 5.74) is 0.970. The molecule has 1 unspecified atom stereocenters. The van der Waals surface area contributed by atoms with Gasteiger partial charge in [0.1, 0.15) is 11.8 Å². The van der Waals surface area contributed by atoms with Crippen LogP contribution in [0.3, 0.4) is 0 Å². The molecule has 0 bridgehead atoms. The van der Waals surface area contributed by atoms with E-state index in [1.165, 1.54) is 0 Å². The largest absolute Gasteiger partial charge is 0.496 e. The predicted octanol–water partition coefficient (Wildman–Crippen LogP) is 2.04. The first-order valence-corrected chi connectivity index (χ1v) is 5.77. The maximum absolute atomic E-state index is 11.0. The van der Waals surface area contributed by atoms with Gasteiger partial charge in [0.15, 0.2) is 0 Å². The SMILES string of the molecule is CCCC(NCc1ccccc1OC)C(=O)O. The third-order valence-electron chi connectivity index (χ3n) is 2.61. The quantitative estimate of drug-likeness (QED) is 0.762. The minimum atomic E-state index is -0.804. The first-order valence-electron chi connectivity index (χ1n) is 5.77. The molecule has 2 N–H and O–H groups in total. The number of para-hydroxylation sites is 1. The molecule has 0 radical (unpaired) electrons. The number of rotatable bonds is 7. The number of ether oxygens (including phenoxy) is 1. The van der Waals surface area contributed by atoms with Crippen molar-refractivity contribution >= 4 is 5.97 Å². The van der Waals surface area contributed by atoms with Gasteiger partial charge in [0.25, 0.3) is 0 Å². The number of benzene rings is 1. The topological polar surface area (TPSA) is 58.6 Å². The molecular weight excluding hydrogens is 218 g/mol. The average molecular weight is 237 g/mol. The molecule has 4 nitrogen and oxygen atoms in total. The van der Waals surface area contributed by atoms with Gasteiger partial charge >= 0.3 is 5.97 Å². The van der Waals surface area contributed by atoms with E-state index in [1.807, 2.05) is 31.2 Å². The number of carbonyl (C=O) groups is 1. The van der Waals surface area contributed by atoms with Crippen molar-refractivity contribution in [2.24, 2.45) is 0 Å². The van der Waals surface area contributed by atoms with E-state index in [0.29, 0.717) is 13.0 Å². The third kappa shape index (κ3) is 4.07. The summed E-state index contributed by atoms with van der Waals surface area (Å²) in [6.45, 7) is 2.47. The van der Waals surface area contributed by atoms with Gasteiger partial charge in [-0.2, -0.15) is 0 Å². The molecule has 0 saturated heterocycles. The highest BCUT2D eigenvalue weighted by Gasteiger charge is 2.15. The second-order valence-electron chi connectivity index (χ2n) is 3.87. The number of nitrogens with one attached hydrogen (secondary N) is 1. The van der Waals surface area contributed by atoms with E-state index >= 15 is 0 Å². The summed E-state index contributed by atoms with van der Waals surface area (Å²) in [7, 11) is 1.61. The van der Waals surface area contributed by atoms with Crippen molar-refractivity contribution in [2.45, 2.75) is 32.4 Å². The van der Waals surface area contributed by atoms with Crippen LogP contribution in [0.4, 0.5) is 0 Å². The fourth-order valence-corrected chi connectivity index (χ4v) is 1.68. The van der Waals surface area contributed by atoms with E-state index in [2.05, 4.69) is 5.32 Å². The van der Waals surface area contributed by atoms with Crippen LogP contribution in [0, 0.1) is 0 Å². The standard InChI is InChI=1S/C13H19NO3/c1-3-6-11(13(15)16)14-9-10-7-4-5-8-12(10)17-2/h4-5,7-8,11,14H,3,6,9H2,1-2H3,(H,15,16). The molecule has 0 spiro atoms.